The fourth-order valence-corrected chi connectivity index (χ4v) is 2.47. The number of nitrogens with zero attached hydrogens (tertiary/aromatic N) is 4. The van der Waals surface area contributed by atoms with E-state index in [2.05, 4.69) is 10.0 Å². The summed E-state index contributed by atoms with van der Waals surface area (Å²) in [6.07, 6.45) is 1.61. The zero-order valence-corrected chi connectivity index (χ0v) is 12.8. The molecular formula is C14H24N4O2. The molecule has 0 spiro atoms. The molecule has 1 aliphatic rings. The van der Waals surface area contributed by atoms with Crippen LogP contribution in [0.5, 0.6) is 0 Å². The topological polar surface area (TPSA) is 86.1 Å². The van der Waals surface area contributed by atoms with Gasteiger partial charge in [-0.25, -0.2) is 0 Å². The average Bonchev–Trinajstić information content (AvgIpc) is 2.33. The van der Waals surface area contributed by atoms with Crippen molar-refractivity contribution in [1.82, 2.24) is 4.90 Å². The minimum absolute atomic E-state index is 0.0205. The van der Waals surface area contributed by atoms with Gasteiger partial charge in [-0.15, -0.1) is 0 Å². The number of azide groups is 1. The molecule has 0 radical (unpaired) electrons. The van der Waals surface area contributed by atoms with Crippen molar-refractivity contribution in [1.29, 1.82) is 0 Å². The lowest BCUT2D eigenvalue weighted by atomic mass is 9.87. The number of Topliss-reactive ketones (excluding diaryl/α,β-unsaturated/α-hetero) is 1. The Morgan fingerprint density at radius 1 is 1.45 bits per heavy atom. The van der Waals surface area contributed by atoms with E-state index in [0.29, 0.717) is 13.1 Å². The Bertz CT molecular complexity index is 421. The smallest absolute Gasteiger partial charge is 0.230 e. The third-order valence-electron chi connectivity index (χ3n) is 3.76. The molecule has 1 saturated heterocycles. The van der Waals surface area contributed by atoms with E-state index < -0.39 is 0 Å². The Morgan fingerprint density at radius 3 is 2.65 bits per heavy atom. The average molecular weight is 280 g/mol. The van der Waals surface area contributed by atoms with Gasteiger partial charge in [0, 0.05) is 29.5 Å². The standard InChI is InChI=1S/C14H24N4O2/c1-10(8-16-17-15)5-6-11-9-18(14(2,3)4)13(20)7-12(11)19/h10-11H,5-9H2,1-4H3/t10-,11?/m0/s1. The van der Waals surface area contributed by atoms with Crippen LogP contribution in [-0.4, -0.2) is 35.2 Å². The Morgan fingerprint density at radius 2 is 2.10 bits per heavy atom. The second-order valence-corrected chi connectivity index (χ2v) is 6.61. The van der Waals surface area contributed by atoms with Crippen LogP contribution in [0.1, 0.15) is 47.0 Å². The molecule has 6 nitrogen and oxygen atoms in total. The van der Waals surface area contributed by atoms with Crippen LogP contribution in [-0.2, 0) is 9.59 Å². The summed E-state index contributed by atoms with van der Waals surface area (Å²) in [4.78, 5) is 28.4. The number of piperidine rings is 1. The minimum Gasteiger partial charge on any atom is -0.337 e. The number of rotatable bonds is 5. The van der Waals surface area contributed by atoms with Crippen LogP contribution in [0.2, 0.25) is 0 Å². The first-order valence-corrected chi connectivity index (χ1v) is 7.09. The largest absolute Gasteiger partial charge is 0.337 e. The summed E-state index contributed by atoms with van der Waals surface area (Å²) < 4.78 is 0. The Balaban J connectivity index is 2.59. The summed E-state index contributed by atoms with van der Waals surface area (Å²) in [5, 5.41) is 3.55. The zero-order chi connectivity index (χ0) is 15.3. The summed E-state index contributed by atoms with van der Waals surface area (Å²) in [6.45, 7) is 8.94. The van der Waals surface area contributed by atoms with E-state index in [-0.39, 0.29) is 35.5 Å². The summed E-state index contributed by atoms with van der Waals surface area (Å²) in [7, 11) is 0. The third kappa shape index (κ3) is 4.53. The van der Waals surface area contributed by atoms with Crippen molar-refractivity contribution < 1.29 is 9.59 Å². The molecular weight excluding hydrogens is 256 g/mol. The van der Waals surface area contributed by atoms with Crippen LogP contribution in [0.15, 0.2) is 5.11 Å². The number of ketones is 1. The highest BCUT2D eigenvalue weighted by Gasteiger charge is 2.37. The number of likely N-dealkylation sites (tertiary alicyclic amines) is 1. The van der Waals surface area contributed by atoms with Gasteiger partial charge in [0.1, 0.15) is 5.78 Å². The minimum atomic E-state index is -0.243. The van der Waals surface area contributed by atoms with Crippen LogP contribution in [0.3, 0.4) is 0 Å². The van der Waals surface area contributed by atoms with Gasteiger partial charge in [0.25, 0.3) is 0 Å². The predicted octanol–water partition coefficient (Wildman–Crippen LogP) is 2.93. The van der Waals surface area contributed by atoms with Crippen LogP contribution < -0.4 is 0 Å². The summed E-state index contributed by atoms with van der Waals surface area (Å²) in [6, 6.07) is 0. The SMILES string of the molecule is C[C@@H](CCC1CN(C(C)(C)C)C(=O)CC1=O)CN=[N+]=[N-]. The van der Waals surface area contributed by atoms with Gasteiger partial charge in [0.15, 0.2) is 0 Å². The van der Waals surface area contributed by atoms with Crippen molar-refractivity contribution in [2.75, 3.05) is 13.1 Å². The molecule has 6 heteroatoms. The summed E-state index contributed by atoms with van der Waals surface area (Å²) >= 11 is 0. The number of carbonyl (C=O) groups excluding carboxylic acids is 2. The first-order chi connectivity index (χ1) is 9.25. The van der Waals surface area contributed by atoms with E-state index in [9.17, 15) is 9.59 Å². The summed E-state index contributed by atoms with van der Waals surface area (Å²) in [5.74, 6) is 0.159. The summed E-state index contributed by atoms with van der Waals surface area (Å²) in [5.41, 5.74) is 8.04. The van der Waals surface area contributed by atoms with Crippen LogP contribution in [0.4, 0.5) is 0 Å². The molecule has 20 heavy (non-hydrogen) atoms. The molecule has 1 aliphatic heterocycles. The maximum atomic E-state index is 12.0. The van der Waals surface area contributed by atoms with Crippen molar-refractivity contribution in [3.05, 3.63) is 10.4 Å². The van der Waals surface area contributed by atoms with Crippen LogP contribution >= 0.6 is 0 Å². The van der Waals surface area contributed by atoms with E-state index in [1.807, 2.05) is 27.7 Å². The van der Waals surface area contributed by atoms with E-state index in [1.54, 1.807) is 4.90 Å². The fraction of sp³-hybridized carbons (Fsp3) is 0.857. The lowest BCUT2D eigenvalue weighted by Crippen LogP contribution is -2.53. The third-order valence-corrected chi connectivity index (χ3v) is 3.76. The first-order valence-electron chi connectivity index (χ1n) is 7.09. The van der Waals surface area contributed by atoms with Crippen molar-refractivity contribution in [2.24, 2.45) is 17.0 Å². The highest BCUT2D eigenvalue weighted by atomic mass is 16.2. The van der Waals surface area contributed by atoms with Crippen molar-refractivity contribution in [3.8, 4) is 0 Å². The lowest BCUT2D eigenvalue weighted by Gasteiger charge is -2.41. The Kier molecular flexibility index (Phi) is 5.57. The molecule has 1 heterocycles. The molecule has 2 atom stereocenters. The van der Waals surface area contributed by atoms with Gasteiger partial charge in [-0.1, -0.05) is 12.0 Å². The first kappa shape index (κ1) is 16.5. The maximum absolute atomic E-state index is 12.0. The highest BCUT2D eigenvalue weighted by molar-refractivity contribution is 6.01. The molecule has 112 valence electrons. The van der Waals surface area contributed by atoms with Gasteiger partial charge in [-0.2, -0.15) is 0 Å². The lowest BCUT2D eigenvalue weighted by molar-refractivity contribution is -0.147. The monoisotopic (exact) mass is 280 g/mol. The molecule has 1 fully saturated rings. The van der Waals surface area contributed by atoms with E-state index in [0.717, 1.165) is 12.8 Å². The molecule has 1 unspecified atom stereocenters. The number of hydrogen-bond donors (Lipinski definition) is 0. The number of hydrogen-bond acceptors (Lipinski definition) is 3. The second-order valence-electron chi connectivity index (χ2n) is 6.61. The van der Waals surface area contributed by atoms with Crippen molar-refractivity contribution in [2.45, 2.75) is 52.5 Å². The molecule has 0 aromatic rings. The zero-order valence-electron chi connectivity index (χ0n) is 12.8. The quantitative estimate of drug-likeness (QED) is 0.335. The molecule has 0 aromatic carbocycles. The van der Waals surface area contributed by atoms with Gasteiger partial charge in [0.05, 0.1) is 6.42 Å². The molecule has 0 N–H and O–H groups in total. The normalized spacial score (nSPS) is 21.6. The van der Waals surface area contributed by atoms with Gasteiger partial charge in [-0.05, 0) is 45.1 Å². The van der Waals surface area contributed by atoms with Crippen LogP contribution in [0.25, 0.3) is 10.4 Å². The van der Waals surface area contributed by atoms with Gasteiger partial charge >= 0.3 is 0 Å². The predicted molar refractivity (Wildman–Crippen MR) is 77.0 cm³/mol. The van der Waals surface area contributed by atoms with E-state index in [4.69, 9.17) is 5.53 Å². The maximum Gasteiger partial charge on any atom is 0.230 e. The fourth-order valence-electron chi connectivity index (χ4n) is 2.47. The Hall–Kier alpha value is -1.55. The molecule has 0 aliphatic carbocycles. The molecule has 1 rings (SSSR count). The second kappa shape index (κ2) is 6.75. The van der Waals surface area contributed by atoms with Gasteiger partial charge < -0.3 is 4.90 Å². The van der Waals surface area contributed by atoms with Gasteiger partial charge in [0.2, 0.25) is 5.91 Å². The molecule has 0 bridgehead atoms. The Labute approximate surface area is 120 Å². The molecule has 0 aromatic heterocycles. The van der Waals surface area contributed by atoms with Crippen molar-refractivity contribution in [3.63, 3.8) is 0 Å². The van der Waals surface area contributed by atoms with Crippen molar-refractivity contribution >= 4 is 11.7 Å². The molecule has 1 amide bonds. The van der Waals surface area contributed by atoms with Gasteiger partial charge in [-0.3, -0.25) is 9.59 Å². The number of amides is 1. The highest BCUT2D eigenvalue weighted by Crippen LogP contribution is 2.26. The molecule has 0 saturated carbocycles. The van der Waals surface area contributed by atoms with E-state index in [1.165, 1.54) is 0 Å². The van der Waals surface area contributed by atoms with Crippen LogP contribution in [0, 0.1) is 11.8 Å². The number of carbonyl (C=O) groups is 2. The van der Waals surface area contributed by atoms with E-state index >= 15 is 0 Å².